The van der Waals surface area contributed by atoms with E-state index in [0.29, 0.717) is 16.1 Å². The molecule has 0 radical (unpaired) electrons. The second-order valence-corrected chi connectivity index (χ2v) is 10.1. The molecule has 0 bridgehead atoms. The number of sulfonamides is 1. The third kappa shape index (κ3) is 5.71. The van der Waals surface area contributed by atoms with Crippen LogP contribution >= 0.6 is 11.6 Å². The van der Waals surface area contributed by atoms with Crippen LogP contribution in [0, 0.1) is 20.8 Å². The van der Waals surface area contributed by atoms with E-state index in [4.69, 9.17) is 11.6 Å². The number of rotatable bonds is 6. The Morgan fingerprint density at radius 1 is 0.941 bits per heavy atom. The van der Waals surface area contributed by atoms with Gasteiger partial charge in [-0.1, -0.05) is 35.4 Å². The highest BCUT2D eigenvalue weighted by Crippen LogP contribution is 2.38. The SMILES string of the molecule is Cc1ccc(S(=O)(=O)N(CC(=O)Nc2ccc(C)c(C)c2)c2ccc(Cl)c(C(F)(F)F)c2)cc1. The van der Waals surface area contributed by atoms with Crippen LogP contribution in [0.3, 0.4) is 0 Å². The standard InChI is InChI=1S/C24H22ClF3N2O3S/c1-15-4-9-20(10-5-15)34(32,33)30(19-8-11-22(25)21(13-19)24(26,27)28)14-23(31)29-18-7-6-16(2)17(3)12-18/h4-13H,14H2,1-3H3,(H,29,31). The molecule has 34 heavy (non-hydrogen) atoms. The molecule has 0 fully saturated rings. The van der Waals surface area contributed by atoms with Crippen molar-refractivity contribution in [3.05, 3.63) is 87.9 Å². The van der Waals surface area contributed by atoms with Crippen molar-refractivity contribution in [2.75, 3.05) is 16.2 Å². The van der Waals surface area contributed by atoms with E-state index in [1.807, 2.05) is 13.8 Å². The van der Waals surface area contributed by atoms with Crippen molar-refractivity contribution in [3.8, 4) is 0 Å². The molecule has 0 saturated heterocycles. The first kappa shape index (κ1) is 25.6. The highest BCUT2D eigenvalue weighted by atomic mass is 35.5. The number of benzene rings is 3. The van der Waals surface area contributed by atoms with Crippen LogP contribution in [0.5, 0.6) is 0 Å². The molecular formula is C24H22ClF3N2O3S. The number of alkyl halides is 3. The number of amides is 1. The molecule has 3 aromatic rings. The predicted octanol–water partition coefficient (Wildman–Crippen LogP) is 6.12. The molecule has 0 aliphatic rings. The fraction of sp³-hybridized carbons (Fsp3) is 0.208. The molecule has 0 spiro atoms. The summed E-state index contributed by atoms with van der Waals surface area (Å²) in [6.45, 7) is 4.77. The minimum atomic E-state index is -4.81. The lowest BCUT2D eigenvalue weighted by atomic mass is 10.1. The van der Waals surface area contributed by atoms with Gasteiger partial charge in [0.15, 0.2) is 0 Å². The minimum Gasteiger partial charge on any atom is -0.325 e. The number of nitrogens with zero attached hydrogens (tertiary/aromatic N) is 1. The van der Waals surface area contributed by atoms with Gasteiger partial charge in [-0.2, -0.15) is 13.2 Å². The summed E-state index contributed by atoms with van der Waals surface area (Å²) >= 11 is 5.71. The van der Waals surface area contributed by atoms with Gasteiger partial charge in [0.2, 0.25) is 5.91 Å². The molecule has 5 nitrogen and oxygen atoms in total. The number of hydrogen-bond acceptors (Lipinski definition) is 3. The van der Waals surface area contributed by atoms with Crippen LogP contribution in [0.4, 0.5) is 24.5 Å². The van der Waals surface area contributed by atoms with Gasteiger partial charge in [-0.05, 0) is 74.4 Å². The number of aryl methyl sites for hydroxylation is 3. The fourth-order valence-corrected chi connectivity index (χ4v) is 4.83. The van der Waals surface area contributed by atoms with Gasteiger partial charge in [0.05, 0.1) is 21.2 Å². The molecule has 0 aliphatic heterocycles. The molecule has 3 aromatic carbocycles. The van der Waals surface area contributed by atoms with Crippen LogP contribution in [0.2, 0.25) is 5.02 Å². The number of halogens is 4. The smallest absolute Gasteiger partial charge is 0.325 e. The Balaban J connectivity index is 2.04. The van der Waals surface area contributed by atoms with E-state index in [0.717, 1.165) is 28.8 Å². The lowest BCUT2D eigenvalue weighted by Gasteiger charge is -2.25. The van der Waals surface area contributed by atoms with E-state index in [2.05, 4.69) is 5.32 Å². The van der Waals surface area contributed by atoms with Gasteiger partial charge in [-0.25, -0.2) is 8.42 Å². The largest absolute Gasteiger partial charge is 0.417 e. The van der Waals surface area contributed by atoms with E-state index in [9.17, 15) is 26.4 Å². The molecule has 0 unspecified atom stereocenters. The van der Waals surface area contributed by atoms with E-state index >= 15 is 0 Å². The summed E-state index contributed by atoms with van der Waals surface area (Å²) in [4.78, 5) is 12.6. The maximum absolute atomic E-state index is 13.4. The van der Waals surface area contributed by atoms with E-state index in [1.54, 1.807) is 37.3 Å². The second kappa shape index (κ2) is 9.68. The summed E-state index contributed by atoms with van der Waals surface area (Å²) in [5.41, 5.74) is 1.60. The second-order valence-electron chi connectivity index (χ2n) is 7.83. The summed E-state index contributed by atoms with van der Waals surface area (Å²) < 4.78 is 67.8. The molecule has 0 heterocycles. The molecule has 0 aliphatic carbocycles. The molecule has 0 aromatic heterocycles. The highest BCUT2D eigenvalue weighted by Gasteiger charge is 2.35. The maximum Gasteiger partial charge on any atom is 0.417 e. The zero-order valence-electron chi connectivity index (χ0n) is 18.6. The molecule has 0 atom stereocenters. The van der Waals surface area contributed by atoms with Crippen molar-refractivity contribution in [2.24, 2.45) is 0 Å². The first-order chi connectivity index (χ1) is 15.8. The monoisotopic (exact) mass is 510 g/mol. The van der Waals surface area contributed by atoms with Gasteiger partial charge in [0, 0.05) is 5.69 Å². The minimum absolute atomic E-state index is 0.166. The van der Waals surface area contributed by atoms with Crippen molar-refractivity contribution < 1.29 is 26.4 Å². The number of nitrogens with one attached hydrogen (secondary N) is 1. The Hall–Kier alpha value is -3.04. The quantitative estimate of drug-likeness (QED) is 0.434. The van der Waals surface area contributed by atoms with Gasteiger partial charge < -0.3 is 5.32 Å². The van der Waals surface area contributed by atoms with Crippen molar-refractivity contribution in [1.82, 2.24) is 0 Å². The molecular weight excluding hydrogens is 489 g/mol. The Bertz CT molecular complexity index is 1320. The van der Waals surface area contributed by atoms with Crippen molar-refractivity contribution in [2.45, 2.75) is 31.8 Å². The Morgan fingerprint density at radius 2 is 1.59 bits per heavy atom. The molecule has 180 valence electrons. The third-order valence-corrected chi connectivity index (χ3v) is 7.35. The fourth-order valence-electron chi connectivity index (χ4n) is 3.19. The van der Waals surface area contributed by atoms with Crippen LogP contribution in [0.15, 0.2) is 65.6 Å². The number of hydrogen-bond donors (Lipinski definition) is 1. The lowest BCUT2D eigenvalue weighted by Crippen LogP contribution is -2.38. The van der Waals surface area contributed by atoms with Gasteiger partial charge in [-0.15, -0.1) is 0 Å². The third-order valence-electron chi connectivity index (χ3n) is 5.23. The molecule has 1 amide bonds. The summed E-state index contributed by atoms with van der Waals surface area (Å²) in [5.74, 6) is -0.720. The van der Waals surface area contributed by atoms with Crippen molar-refractivity contribution in [1.29, 1.82) is 0 Å². The first-order valence-electron chi connectivity index (χ1n) is 10.1. The summed E-state index contributed by atoms with van der Waals surface area (Å²) in [6, 6.07) is 13.7. The Morgan fingerprint density at radius 3 is 2.18 bits per heavy atom. The average Bonchev–Trinajstić information content (AvgIpc) is 2.74. The van der Waals surface area contributed by atoms with Crippen LogP contribution in [0.25, 0.3) is 0 Å². The van der Waals surface area contributed by atoms with E-state index in [-0.39, 0.29) is 10.6 Å². The molecule has 3 rings (SSSR count). The summed E-state index contributed by atoms with van der Waals surface area (Å²) in [5, 5.41) is 2.03. The van der Waals surface area contributed by atoms with Crippen LogP contribution in [-0.2, 0) is 21.0 Å². The number of carbonyl (C=O) groups is 1. The van der Waals surface area contributed by atoms with Gasteiger partial charge in [0.1, 0.15) is 6.54 Å². The van der Waals surface area contributed by atoms with E-state index < -0.39 is 39.2 Å². The van der Waals surface area contributed by atoms with Crippen LogP contribution < -0.4 is 9.62 Å². The van der Waals surface area contributed by atoms with Crippen LogP contribution in [0.1, 0.15) is 22.3 Å². The van der Waals surface area contributed by atoms with Crippen LogP contribution in [-0.4, -0.2) is 20.9 Å². The van der Waals surface area contributed by atoms with Gasteiger partial charge >= 0.3 is 6.18 Å². The first-order valence-corrected chi connectivity index (χ1v) is 11.9. The van der Waals surface area contributed by atoms with Crippen molar-refractivity contribution in [3.63, 3.8) is 0 Å². The normalized spacial score (nSPS) is 11.9. The predicted molar refractivity (Wildman–Crippen MR) is 127 cm³/mol. The zero-order chi connectivity index (χ0) is 25.3. The molecule has 1 N–H and O–H groups in total. The average molecular weight is 511 g/mol. The number of anilines is 2. The lowest BCUT2D eigenvalue weighted by molar-refractivity contribution is -0.137. The molecule has 0 saturated carbocycles. The topological polar surface area (TPSA) is 66.5 Å². The van der Waals surface area contributed by atoms with E-state index in [1.165, 1.54) is 12.1 Å². The molecule has 10 heteroatoms. The maximum atomic E-state index is 13.4. The Labute approximate surface area is 201 Å². The van der Waals surface area contributed by atoms with Gasteiger partial charge in [0.25, 0.3) is 10.0 Å². The zero-order valence-corrected chi connectivity index (χ0v) is 20.1. The Kier molecular flexibility index (Phi) is 7.28. The van der Waals surface area contributed by atoms with Gasteiger partial charge in [-0.3, -0.25) is 9.10 Å². The van der Waals surface area contributed by atoms with Crippen molar-refractivity contribution >= 4 is 38.9 Å². The summed E-state index contributed by atoms with van der Waals surface area (Å²) in [6.07, 6.45) is -4.81. The number of carbonyl (C=O) groups excluding carboxylic acids is 1. The highest BCUT2D eigenvalue weighted by molar-refractivity contribution is 7.92. The summed E-state index contributed by atoms with van der Waals surface area (Å²) in [7, 11) is -4.39.